The molecule has 230 valence electrons. The van der Waals surface area contributed by atoms with Gasteiger partial charge in [-0.3, -0.25) is 9.69 Å². The van der Waals surface area contributed by atoms with Crippen LogP contribution in [0, 0.1) is 17.3 Å². The van der Waals surface area contributed by atoms with E-state index in [0.29, 0.717) is 50.3 Å². The molecule has 0 spiro atoms. The molecule has 2 fully saturated rings. The summed E-state index contributed by atoms with van der Waals surface area (Å²) < 4.78 is 0. The largest absolute Gasteiger partial charge is 0.465 e. The van der Waals surface area contributed by atoms with E-state index in [1.807, 2.05) is 53.7 Å². The Labute approximate surface area is 249 Å². The maximum absolute atomic E-state index is 13.4. The molecule has 41 heavy (non-hydrogen) atoms. The Kier molecular flexibility index (Phi) is 10.2. The van der Waals surface area contributed by atoms with E-state index in [-0.39, 0.29) is 24.9 Å². The Morgan fingerprint density at radius 2 is 1.85 bits per heavy atom. The zero-order valence-electron chi connectivity index (χ0n) is 25.3. The molecule has 3 rings (SSSR count). The number of carboxylic acid groups (broad SMARTS) is 1. The number of benzene rings is 1. The van der Waals surface area contributed by atoms with Crippen LogP contribution in [-0.2, 0) is 15.2 Å². The summed E-state index contributed by atoms with van der Waals surface area (Å²) in [4.78, 5) is 41.4. The maximum atomic E-state index is 13.4. The predicted molar refractivity (Wildman–Crippen MR) is 159 cm³/mol. The second kappa shape index (κ2) is 12.6. The average molecular weight is 594 g/mol. The highest BCUT2D eigenvalue weighted by Gasteiger charge is 2.52. The molecule has 1 aromatic carbocycles. The van der Waals surface area contributed by atoms with E-state index in [1.165, 1.54) is 4.90 Å². The van der Waals surface area contributed by atoms with Crippen molar-refractivity contribution in [3.63, 3.8) is 0 Å². The summed E-state index contributed by atoms with van der Waals surface area (Å²) in [5.41, 5.74) is -2.20. The van der Waals surface area contributed by atoms with Crippen LogP contribution < -0.4 is 5.32 Å². The normalized spacial score (nSPS) is 28.1. The van der Waals surface area contributed by atoms with Crippen LogP contribution in [0.5, 0.6) is 0 Å². The van der Waals surface area contributed by atoms with E-state index in [4.69, 9.17) is 11.6 Å². The summed E-state index contributed by atoms with van der Waals surface area (Å²) >= 11 is 6.06. The number of likely N-dealkylation sites (tertiary alicyclic amines) is 1. The third-order valence-electron chi connectivity index (χ3n) is 9.33. The van der Waals surface area contributed by atoms with Gasteiger partial charge in [0, 0.05) is 53.7 Å². The molecule has 1 saturated carbocycles. The van der Waals surface area contributed by atoms with Gasteiger partial charge in [-0.1, -0.05) is 44.5 Å². The van der Waals surface area contributed by atoms with Crippen molar-refractivity contribution in [2.75, 3.05) is 26.2 Å². The van der Waals surface area contributed by atoms with Crippen molar-refractivity contribution >= 4 is 29.9 Å². The molecular weight excluding hydrogens is 546 g/mol. The lowest BCUT2D eigenvalue weighted by atomic mass is 9.66. The molecule has 1 aliphatic heterocycles. The number of piperidine rings is 1. The lowest BCUT2D eigenvalue weighted by Gasteiger charge is -2.51. The molecule has 1 aromatic rings. The maximum Gasteiger partial charge on any atom is 0.408 e. The molecule has 1 aliphatic carbocycles. The van der Waals surface area contributed by atoms with Gasteiger partial charge >= 0.3 is 6.09 Å². The minimum atomic E-state index is -1.07. The van der Waals surface area contributed by atoms with Gasteiger partial charge in [0.2, 0.25) is 5.91 Å². The minimum absolute atomic E-state index is 0.178. The fourth-order valence-electron chi connectivity index (χ4n) is 7.24. The molecule has 2 amide bonds. The zero-order valence-corrected chi connectivity index (χ0v) is 26.1. The van der Waals surface area contributed by atoms with Gasteiger partial charge in [0.05, 0.1) is 11.6 Å². The van der Waals surface area contributed by atoms with Gasteiger partial charge in [0.1, 0.15) is 6.29 Å². The van der Waals surface area contributed by atoms with Crippen molar-refractivity contribution in [1.29, 1.82) is 0 Å². The molecule has 0 radical (unpaired) electrons. The van der Waals surface area contributed by atoms with Crippen LogP contribution in [0.3, 0.4) is 0 Å². The van der Waals surface area contributed by atoms with Gasteiger partial charge < -0.3 is 30.3 Å². The first kappa shape index (κ1) is 33.3. The van der Waals surface area contributed by atoms with E-state index in [9.17, 15) is 29.7 Å². The quantitative estimate of drug-likeness (QED) is 0.298. The van der Waals surface area contributed by atoms with Gasteiger partial charge in [0.25, 0.3) is 0 Å². The highest BCUT2D eigenvalue weighted by atomic mass is 35.5. The van der Waals surface area contributed by atoms with Gasteiger partial charge in [-0.15, -0.1) is 0 Å². The first-order valence-corrected chi connectivity index (χ1v) is 15.0. The molecule has 0 bridgehead atoms. The van der Waals surface area contributed by atoms with E-state index < -0.39 is 40.1 Å². The summed E-state index contributed by atoms with van der Waals surface area (Å²) in [5, 5.41) is 35.0. The molecule has 4 N–H and O–H groups in total. The minimum Gasteiger partial charge on any atom is -0.465 e. The summed E-state index contributed by atoms with van der Waals surface area (Å²) in [6, 6.07) is 6.62. The third-order valence-corrected chi connectivity index (χ3v) is 9.59. The van der Waals surface area contributed by atoms with Crippen LogP contribution >= 0.6 is 11.6 Å². The first-order chi connectivity index (χ1) is 19.0. The standard InChI is InChI=1S/C31H48ClN3O6/c1-21(18-34-15-13-31(41,29(5,6)20-34)23-7-9-24(32)10-8-23)25(19-37)33-26(38)22-11-12-30(17-22,14-16-36)35(27(39)40)28(2,3)4/h7-10,19,21-22,25,36,41H,11-18,20H2,1-6H3,(H,33,38)(H,39,40)/t21-,22+,25?,30?,31-/m0/s1. The average Bonchev–Trinajstić information content (AvgIpc) is 3.28. The van der Waals surface area contributed by atoms with Crippen molar-refractivity contribution in [1.82, 2.24) is 15.1 Å². The van der Waals surface area contributed by atoms with Gasteiger partial charge in [-0.2, -0.15) is 0 Å². The van der Waals surface area contributed by atoms with E-state index in [2.05, 4.69) is 10.2 Å². The number of hydrogen-bond donors (Lipinski definition) is 4. The fraction of sp³-hybridized carbons (Fsp3) is 0.710. The summed E-state index contributed by atoms with van der Waals surface area (Å²) in [6.07, 6.45) is 1.73. The number of rotatable bonds is 10. The number of aldehydes is 1. The number of nitrogens with one attached hydrogen (secondary N) is 1. The van der Waals surface area contributed by atoms with Crippen LogP contribution in [0.25, 0.3) is 0 Å². The van der Waals surface area contributed by atoms with Crippen LogP contribution in [0.1, 0.15) is 79.2 Å². The number of amides is 2. The van der Waals surface area contributed by atoms with Crippen LogP contribution in [-0.4, -0.2) is 86.8 Å². The number of halogens is 1. The molecule has 2 aliphatic rings. The van der Waals surface area contributed by atoms with Crippen molar-refractivity contribution in [3.8, 4) is 0 Å². The number of hydrogen-bond acceptors (Lipinski definition) is 6. The Morgan fingerprint density at radius 3 is 2.37 bits per heavy atom. The fourth-order valence-corrected chi connectivity index (χ4v) is 7.36. The first-order valence-electron chi connectivity index (χ1n) is 14.6. The number of aliphatic hydroxyl groups is 2. The van der Waals surface area contributed by atoms with Crippen LogP contribution in [0.4, 0.5) is 4.79 Å². The van der Waals surface area contributed by atoms with E-state index >= 15 is 0 Å². The number of carbonyl (C=O) groups excluding carboxylic acids is 2. The van der Waals surface area contributed by atoms with Gasteiger partial charge in [-0.05, 0) is 76.5 Å². The van der Waals surface area contributed by atoms with E-state index in [1.54, 1.807) is 12.1 Å². The Morgan fingerprint density at radius 1 is 1.22 bits per heavy atom. The molecular formula is C31H48ClN3O6. The van der Waals surface area contributed by atoms with Crippen LogP contribution in [0.15, 0.2) is 24.3 Å². The van der Waals surface area contributed by atoms with Gasteiger partial charge in [-0.25, -0.2) is 4.79 Å². The molecule has 9 nitrogen and oxygen atoms in total. The summed E-state index contributed by atoms with van der Waals surface area (Å²) in [6.45, 7) is 13.1. The highest BCUT2D eigenvalue weighted by Crippen LogP contribution is 2.47. The predicted octanol–water partition coefficient (Wildman–Crippen LogP) is 4.28. The smallest absolute Gasteiger partial charge is 0.408 e. The highest BCUT2D eigenvalue weighted by molar-refractivity contribution is 6.30. The molecule has 2 unspecified atom stereocenters. The number of nitrogens with zero attached hydrogens (tertiary/aromatic N) is 2. The van der Waals surface area contributed by atoms with Gasteiger partial charge in [0.15, 0.2) is 0 Å². The monoisotopic (exact) mass is 593 g/mol. The Bertz CT molecular complexity index is 1090. The topological polar surface area (TPSA) is 130 Å². The second-order valence-corrected chi connectivity index (χ2v) is 14.2. The number of carbonyl (C=O) groups is 3. The SMILES string of the molecule is C[C@@H](CN1CC[C@](O)(c2ccc(Cl)cc2)C(C)(C)C1)C(C=O)NC(=O)[C@@H]1CCC(CCO)(N(C(=O)O)C(C)(C)C)C1. The third kappa shape index (κ3) is 7.07. The van der Waals surface area contributed by atoms with Crippen molar-refractivity contribution in [2.45, 2.75) is 96.4 Å². The molecule has 0 aromatic heterocycles. The lowest BCUT2D eigenvalue weighted by Crippen LogP contribution is -2.59. The Hall–Kier alpha value is -2.20. The molecule has 1 heterocycles. The Balaban J connectivity index is 1.65. The zero-order chi connectivity index (χ0) is 30.8. The summed E-state index contributed by atoms with van der Waals surface area (Å²) in [5.74, 6) is -0.893. The lowest BCUT2D eigenvalue weighted by molar-refractivity contribution is -0.131. The molecule has 5 atom stereocenters. The second-order valence-electron chi connectivity index (χ2n) is 13.8. The van der Waals surface area contributed by atoms with E-state index in [0.717, 1.165) is 11.8 Å². The molecule has 1 saturated heterocycles. The van der Waals surface area contributed by atoms with Crippen molar-refractivity contribution in [3.05, 3.63) is 34.9 Å². The summed E-state index contributed by atoms with van der Waals surface area (Å²) in [7, 11) is 0. The van der Waals surface area contributed by atoms with Crippen molar-refractivity contribution in [2.24, 2.45) is 17.3 Å². The molecule has 10 heteroatoms. The number of aliphatic hydroxyl groups excluding tert-OH is 1. The van der Waals surface area contributed by atoms with Crippen molar-refractivity contribution < 1.29 is 29.7 Å². The van der Waals surface area contributed by atoms with Crippen LogP contribution in [0.2, 0.25) is 5.02 Å².